The molecule has 0 nitrogen and oxygen atoms in total. The number of benzene rings is 2. The average molecular weight is 391 g/mol. The second kappa shape index (κ2) is 7.77. The molecule has 124 valence electrons. The normalized spacial score (nSPS) is 13.1. The van der Waals surface area contributed by atoms with E-state index in [4.69, 9.17) is 0 Å². The molecular weight excluding hydrogens is 363 g/mol. The number of hydrogen-bond donors (Lipinski definition) is 0. The Balaban J connectivity index is 2.07. The average Bonchev–Trinajstić information content (AvgIpc) is 2.51. The van der Waals surface area contributed by atoms with Crippen LogP contribution in [0.15, 0.2) is 66.7 Å². The zero-order chi connectivity index (χ0) is 16.8. The van der Waals surface area contributed by atoms with Crippen LogP contribution in [0.1, 0.15) is 30.4 Å². The SMILES string of the molecule is CP(C)(C)(Br)CCCCC=C(c1ccccc1)c1ccccc1. The van der Waals surface area contributed by atoms with E-state index >= 15 is 0 Å². The number of rotatable bonds is 7. The third-order valence-electron chi connectivity index (χ3n) is 3.89. The quantitative estimate of drug-likeness (QED) is 0.351. The van der Waals surface area contributed by atoms with E-state index in [0.717, 1.165) is 6.42 Å². The fraction of sp³-hybridized carbons (Fsp3) is 0.333. The Hall–Kier alpha value is -0.910. The molecular formula is C21H28BrP. The van der Waals surface area contributed by atoms with Gasteiger partial charge in [-0.25, -0.2) is 0 Å². The number of hydrogen-bond acceptors (Lipinski definition) is 0. The van der Waals surface area contributed by atoms with Crippen LogP contribution in [-0.4, -0.2) is 26.2 Å². The maximum absolute atomic E-state index is 3.95. The molecule has 0 N–H and O–H groups in total. The van der Waals surface area contributed by atoms with Gasteiger partial charge in [0.25, 0.3) is 0 Å². The predicted octanol–water partition coefficient (Wildman–Crippen LogP) is 7.04. The molecule has 0 amide bonds. The summed E-state index contributed by atoms with van der Waals surface area (Å²) >= 11 is 3.95. The van der Waals surface area contributed by atoms with E-state index in [1.807, 2.05) is 0 Å². The molecule has 0 saturated carbocycles. The Morgan fingerprint density at radius 1 is 0.826 bits per heavy atom. The van der Waals surface area contributed by atoms with Gasteiger partial charge in [0.05, 0.1) is 0 Å². The minimum absolute atomic E-state index is 1.14. The number of unbranched alkanes of at least 4 members (excludes halogenated alkanes) is 2. The molecule has 2 aromatic carbocycles. The second-order valence-electron chi connectivity index (χ2n) is 7.49. The molecule has 0 heterocycles. The van der Waals surface area contributed by atoms with Crippen molar-refractivity contribution in [3.05, 3.63) is 77.9 Å². The Kier molecular flexibility index (Phi) is 6.23. The summed E-state index contributed by atoms with van der Waals surface area (Å²) in [4.78, 5) is 0. The summed E-state index contributed by atoms with van der Waals surface area (Å²) in [5.41, 5.74) is 3.97. The van der Waals surface area contributed by atoms with E-state index in [1.54, 1.807) is 0 Å². The Morgan fingerprint density at radius 2 is 1.30 bits per heavy atom. The monoisotopic (exact) mass is 390 g/mol. The number of halogens is 1. The topological polar surface area (TPSA) is 0 Å². The van der Waals surface area contributed by atoms with Crippen molar-refractivity contribution >= 4 is 26.4 Å². The fourth-order valence-electron chi connectivity index (χ4n) is 2.67. The van der Waals surface area contributed by atoms with Gasteiger partial charge in [-0.3, -0.25) is 0 Å². The van der Waals surface area contributed by atoms with E-state index in [1.165, 1.54) is 35.7 Å². The molecule has 2 rings (SSSR count). The van der Waals surface area contributed by atoms with Gasteiger partial charge in [-0.1, -0.05) is 0 Å². The van der Waals surface area contributed by atoms with Crippen LogP contribution in [-0.2, 0) is 0 Å². The summed E-state index contributed by atoms with van der Waals surface area (Å²) < 4.78 is 0. The molecule has 0 aliphatic rings. The van der Waals surface area contributed by atoms with Crippen LogP contribution in [0.4, 0.5) is 0 Å². The van der Waals surface area contributed by atoms with Gasteiger partial charge >= 0.3 is 150 Å². The minimum atomic E-state index is -1.53. The first kappa shape index (κ1) is 18.4. The molecule has 0 spiro atoms. The van der Waals surface area contributed by atoms with Gasteiger partial charge < -0.3 is 0 Å². The molecule has 0 bridgehead atoms. The zero-order valence-corrected chi connectivity index (χ0v) is 17.0. The van der Waals surface area contributed by atoms with Crippen LogP contribution in [0, 0.1) is 0 Å². The van der Waals surface area contributed by atoms with Gasteiger partial charge in [0.2, 0.25) is 0 Å². The fourth-order valence-corrected chi connectivity index (χ4v) is 4.72. The van der Waals surface area contributed by atoms with Gasteiger partial charge in [0, 0.05) is 0 Å². The summed E-state index contributed by atoms with van der Waals surface area (Å²) in [6, 6.07) is 21.4. The van der Waals surface area contributed by atoms with Crippen LogP contribution in [0.5, 0.6) is 0 Å². The summed E-state index contributed by atoms with van der Waals surface area (Å²) in [7, 11) is 0. The second-order valence-corrected chi connectivity index (χ2v) is 21.7. The summed E-state index contributed by atoms with van der Waals surface area (Å²) in [6.07, 6.45) is 7.40. The van der Waals surface area contributed by atoms with Crippen molar-refractivity contribution in [1.82, 2.24) is 0 Å². The van der Waals surface area contributed by atoms with Crippen molar-refractivity contribution in [2.45, 2.75) is 19.3 Å². The van der Waals surface area contributed by atoms with E-state index in [2.05, 4.69) is 102 Å². The maximum atomic E-state index is 3.95. The summed E-state index contributed by atoms with van der Waals surface area (Å²) in [5, 5.41) is -1.53. The zero-order valence-electron chi connectivity index (χ0n) is 14.5. The summed E-state index contributed by atoms with van der Waals surface area (Å²) in [6.45, 7) is 7.17. The molecule has 2 aromatic rings. The van der Waals surface area contributed by atoms with Crippen molar-refractivity contribution in [2.75, 3.05) is 26.2 Å². The first-order chi connectivity index (χ1) is 10.8. The molecule has 0 radical (unpaired) electrons. The molecule has 0 aliphatic heterocycles. The van der Waals surface area contributed by atoms with Gasteiger partial charge in [-0.15, -0.1) is 0 Å². The standard InChI is InChI=1S/C21H28BrP/c1-23(2,3,22)18-12-6-11-17-21(19-13-7-4-8-14-19)20-15-9-5-10-16-20/h4-5,7-10,13-17H,6,11-12,18H2,1-3H3. The predicted molar refractivity (Wildman–Crippen MR) is 112 cm³/mol. The molecule has 0 aliphatic carbocycles. The van der Waals surface area contributed by atoms with E-state index in [0.29, 0.717) is 0 Å². The molecule has 23 heavy (non-hydrogen) atoms. The first-order valence-corrected chi connectivity index (χ1v) is 14.1. The van der Waals surface area contributed by atoms with Gasteiger partial charge in [0.1, 0.15) is 0 Å². The van der Waals surface area contributed by atoms with Crippen molar-refractivity contribution in [1.29, 1.82) is 0 Å². The van der Waals surface area contributed by atoms with E-state index in [-0.39, 0.29) is 0 Å². The van der Waals surface area contributed by atoms with Gasteiger partial charge in [-0.2, -0.15) is 0 Å². The Morgan fingerprint density at radius 3 is 1.74 bits per heavy atom. The van der Waals surface area contributed by atoms with Crippen LogP contribution < -0.4 is 0 Å². The summed E-state index contributed by atoms with van der Waals surface area (Å²) in [5.74, 6) is 0. The van der Waals surface area contributed by atoms with Crippen molar-refractivity contribution < 1.29 is 0 Å². The third kappa shape index (κ3) is 7.02. The van der Waals surface area contributed by atoms with Gasteiger partial charge in [0.15, 0.2) is 0 Å². The molecule has 0 aromatic heterocycles. The molecule has 0 saturated heterocycles. The van der Waals surface area contributed by atoms with Crippen molar-refractivity contribution in [3.8, 4) is 0 Å². The first-order valence-electron chi connectivity index (χ1n) is 8.35. The van der Waals surface area contributed by atoms with Crippen LogP contribution >= 0.6 is 20.8 Å². The molecule has 0 atom stereocenters. The third-order valence-corrected chi connectivity index (χ3v) is 6.78. The van der Waals surface area contributed by atoms with Crippen molar-refractivity contribution in [2.24, 2.45) is 0 Å². The molecule has 2 heteroatoms. The number of allylic oxidation sites excluding steroid dienone is 1. The van der Waals surface area contributed by atoms with Gasteiger partial charge in [-0.05, 0) is 0 Å². The van der Waals surface area contributed by atoms with E-state index in [9.17, 15) is 0 Å². The molecule has 0 unspecified atom stereocenters. The van der Waals surface area contributed by atoms with Crippen LogP contribution in [0.2, 0.25) is 0 Å². The Labute approximate surface area is 149 Å². The Bertz CT molecular complexity index is 585. The van der Waals surface area contributed by atoms with Crippen LogP contribution in [0.25, 0.3) is 5.57 Å². The molecule has 0 fully saturated rings. The van der Waals surface area contributed by atoms with Crippen molar-refractivity contribution in [3.63, 3.8) is 0 Å². The van der Waals surface area contributed by atoms with Crippen LogP contribution in [0.3, 0.4) is 0 Å². The van der Waals surface area contributed by atoms with E-state index < -0.39 is 5.31 Å².